The van der Waals surface area contributed by atoms with Gasteiger partial charge in [-0.2, -0.15) is 0 Å². The van der Waals surface area contributed by atoms with Crippen molar-refractivity contribution in [2.75, 3.05) is 32.7 Å². The molecule has 0 aromatic heterocycles. The summed E-state index contributed by atoms with van der Waals surface area (Å²) in [6.45, 7) is 27.6. The molecule has 1 heterocycles. The van der Waals surface area contributed by atoms with Crippen LogP contribution in [0.3, 0.4) is 0 Å². The van der Waals surface area contributed by atoms with Crippen molar-refractivity contribution in [3.8, 4) is 0 Å². The van der Waals surface area contributed by atoms with Crippen LogP contribution in [0.2, 0.25) is 0 Å². The van der Waals surface area contributed by atoms with E-state index in [-0.39, 0.29) is 0 Å². The maximum absolute atomic E-state index is 4.17. The minimum absolute atomic E-state index is 0.327. The number of rotatable bonds is 11. The molecule has 0 spiro atoms. The van der Waals surface area contributed by atoms with Crippen LogP contribution in [0.5, 0.6) is 0 Å². The van der Waals surface area contributed by atoms with E-state index in [0.717, 1.165) is 38.5 Å². The summed E-state index contributed by atoms with van der Waals surface area (Å²) in [5, 5.41) is 0. The van der Waals surface area contributed by atoms with E-state index in [1.54, 1.807) is 0 Å². The number of hydrogen-bond acceptors (Lipinski definition) is 2. The smallest absolute Gasteiger partial charge is 0.0396 e. The molecule has 154 valence electrons. The van der Waals surface area contributed by atoms with Crippen LogP contribution in [-0.4, -0.2) is 42.5 Å². The van der Waals surface area contributed by atoms with Crippen molar-refractivity contribution in [1.82, 2.24) is 9.80 Å². The highest BCUT2D eigenvalue weighted by Crippen LogP contribution is 2.32. The molecule has 1 aliphatic rings. The molecule has 0 N–H and O–H groups in total. The van der Waals surface area contributed by atoms with Gasteiger partial charge in [-0.15, -0.1) is 6.58 Å². The summed E-state index contributed by atoms with van der Waals surface area (Å²) < 4.78 is 0. The van der Waals surface area contributed by atoms with Gasteiger partial charge in [-0.25, -0.2) is 0 Å². The molecule has 2 heteroatoms. The molecule has 0 aromatic carbocycles. The highest BCUT2D eigenvalue weighted by molar-refractivity contribution is 5.33. The summed E-state index contributed by atoms with van der Waals surface area (Å²) in [7, 11) is 0. The number of nitrogens with zero attached hydrogens (tertiary/aromatic N) is 2. The van der Waals surface area contributed by atoms with E-state index >= 15 is 0 Å². The molecule has 0 aliphatic carbocycles. The van der Waals surface area contributed by atoms with Gasteiger partial charge < -0.3 is 4.90 Å². The van der Waals surface area contributed by atoms with E-state index < -0.39 is 0 Å². The van der Waals surface area contributed by atoms with Crippen molar-refractivity contribution in [2.24, 2.45) is 17.3 Å². The van der Waals surface area contributed by atoms with Crippen LogP contribution in [0.1, 0.15) is 60.8 Å². The third-order valence-corrected chi connectivity index (χ3v) is 5.65. The van der Waals surface area contributed by atoms with Gasteiger partial charge in [0.15, 0.2) is 0 Å². The van der Waals surface area contributed by atoms with E-state index in [1.807, 2.05) is 0 Å². The molecule has 0 radical (unpaired) electrons. The Morgan fingerprint density at radius 2 is 1.70 bits per heavy atom. The standard InChI is InChI=1S/C25H44N2/c1-9-12-23(22(6)13-15-25(7,8)14-10-2)24(11-3)27-18-16-26(17-19-27)20-21(4)5/h9-12,21-22H,2-3,13-20H2,1,4-8H3/b12-9-,24-23-. The molecule has 0 bridgehead atoms. The minimum atomic E-state index is 0.327. The zero-order valence-electron chi connectivity index (χ0n) is 18.9. The zero-order chi connectivity index (χ0) is 20.4. The second-order valence-corrected chi connectivity index (χ2v) is 9.32. The van der Waals surface area contributed by atoms with Crippen LogP contribution in [0.4, 0.5) is 0 Å². The number of allylic oxidation sites excluding steroid dienone is 5. The molecule has 27 heavy (non-hydrogen) atoms. The Morgan fingerprint density at radius 3 is 2.19 bits per heavy atom. The summed E-state index contributed by atoms with van der Waals surface area (Å²) in [6.07, 6.45) is 12.1. The fraction of sp³-hybridized carbons (Fsp3) is 0.680. The lowest BCUT2D eigenvalue weighted by atomic mass is 9.80. The fourth-order valence-electron chi connectivity index (χ4n) is 4.05. The van der Waals surface area contributed by atoms with Crippen LogP contribution in [0.25, 0.3) is 0 Å². The van der Waals surface area contributed by atoms with E-state index in [0.29, 0.717) is 11.3 Å². The predicted octanol–water partition coefficient (Wildman–Crippen LogP) is 6.29. The first-order valence-corrected chi connectivity index (χ1v) is 10.8. The summed E-state index contributed by atoms with van der Waals surface area (Å²) in [5.41, 5.74) is 3.11. The van der Waals surface area contributed by atoms with E-state index in [9.17, 15) is 0 Å². The molecule has 1 aliphatic heterocycles. The van der Waals surface area contributed by atoms with Crippen molar-refractivity contribution >= 4 is 0 Å². The first-order chi connectivity index (χ1) is 12.7. The second-order valence-electron chi connectivity index (χ2n) is 9.32. The Balaban J connectivity index is 2.87. The molecule has 1 saturated heterocycles. The predicted molar refractivity (Wildman–Crippen MR) is 122 cm³/mol. The van der Waals surface area contributed by atoms with Crippen LogP contribution >= 0.6 is 0 Å². The average Bonchev–Trinajstić information content (AvgIpc) is 2.60. The van der Waals surface area contributed by atoms with Crippen molar-refractivity contribution < 1.29 is 0 Å². The minimum Gasteiger partial charge on any atom is -0.369 e. The maximum Gasteiger partial charge on any atom is 0.0396 e. The largest absolute Gasteiger partial charge is 0.369 e. The van der Waals surface area contributed by atoms with Gasteiger partial charge in [-0.3, -0.25) is 4.90 Å². The molecule has 0 saturated carbocycles. The zero-order valence-corrected chi connectivity index (χ0v) is 18.9. The fourth-order valence-corrected chi connectivity index (χ4v) is 4.05. The van der Waals surface area contributed by atoms with Crippen LogP contribution in [0.15, 0.2) is 48.7 Å². The molecular formula is C25H44N2. The average molecular weight is 373 g/mol. The van der Waals surface area contributed by atoms with Gasteiger partial charge in [-0.1, -0.05) is 59.4 Å². The van der Waals surface area contributed by atoms with Gasteiger partial charge in [0.1, 0.15) is 0 Å². The third kappa shape index (κ3) is 8.09. The van der Waals surface area contributed by atoms with E-state index in [2.05, 4.69) is 88.8 Å². The van der Waals surface area contributed by atoms with Gasteiger partial charge >= 0.3 is 0 Å². The van der Waals surface area contributed by atoms with Gasteiger partial charge in [0.05, 0.1) is 0 Å². The second kappa shape index (κ2) is 11.5. The Bertz CT molecular complexity index is 516. The molecule has 1 fully saturated rings. The van der Waals surface area contributed by atoms with Crippen molar-refractivity contribution in [3.63, 3.8) is 0 Å². The Kier molecular flexibility index (Phi) is 10.2. The summed E-state index contributed by atoms with van der Waals surface area (Å²) >= 11 is 0. The first kappa shape index (κ1) is 23.8. The van der Waals surface area contributed by atoms with Crippen LogP contribution in [-0.2, 0) is 0 Å². The Labute approximate surface area is 169 Å². The lowest BCUT2D eigenvalue weighted by Crippen LogP contribution is -2.47. The Morgan fingerprint density at radius 1 is 1.07 bits per heavy atom. The summed E-state index contributed by atoms with van der Waals surface area (Å²) in [6, 6.07) is 0. The third-order valence-electron chi connectivity index (χ3n) is 5.65. The lowest BCUT2D eigenvalue weighted by molar-refractivity contribution is 0.147. The molecule has 0 aromatic rings. The van der Waals surface area contributed by atoms with E-state index in [4.69, 9.17) is 0 Å². The summed E-state index contributed by atoms with van der Waals surface area (Å²) in [5.74, 6) is 1.27. The van der Waals surface area contributed by atoms with Crippen LogP contribution < -0.4 is 0 Å². The van der Waals surface area contributed by atoms with Crippen LogP contribution in [0, 0.1) is 17.3 Å². The molecule has 1 unspecified atom stereocenters. The quantitative estimate of drug-likeness (QED) is 0.310. The van der Waals surface area contributed by atoms with Gasteiger partial charge in [0.25, 0.3) is 0 Å². The SMILES string of the molecule is C=CCC(C)(C)CCC(C)C(/C=C\C)=C(/C=C)N1CCN(CC(C)C)CC1. The molecular weight excluding hydrogens is 328 g/mol. The summed E-state index contributed by atoms with van der Waals surface area (Å²) in [4.78, 5) is 5.14. The lowest BCUT2D eigenvalue weighted by Gasteiger charge is -2.38. The van der Waals surface area contributed by atoms with Gasteiger partial charge in [0, 0.05) is 38.4 Å². The van der Waals surface area contributed by atoms with Crippen molar-refractivity contribution in [3.05, 3.63) is 48.7 Å². The first-order valence-electron chi connectivity index (χ1n) is 10.8. The molecule has 1 atom stereocenters. The molecule has 0 amide bonds. The number of hydrogen-bond donors (Lipinski definition) is 0. The molecule has 2 nitrogen and oxygen atoms in total. The highest BCUT2D eigenvalue weighted by Gasteiger charge is 2.23. The molecule has 1 rings (SSSR count). The topological polar surface area (TPSA) is 6.48 Å². The highest BCUT2D eigenvalue weighted by atomic mass is 15.3. The number of piperazine rings is 1. The monoisotopic (exact) mass is 372 g/mol. The van der Waals surface area contributed by atoms with Gasteiger partial charge in [-0.05, 0) is 55.1 Å². The van der Waals surface area contributed by atoms with Crippen molar-refractivity contribution in [2.45, 2.75) is 60.8 Å². The normalized spacial score (nSPS) is 18.7. The maximum atomic E-state index is 4.17. The van der Waals surface area contributed by atoms with Gasteiger partial charge in [0.2, 0.25) is 0 Å². The van der Waals surface area contributed by atoms with Crippen molar-refractivity contribution in [1.29, 1.82) is 0 Å². The Hall–Kier alpha value is -1.28. The van der Waals surface area contributed by atoms with E-state index in [1.165, 1.54) is 30.7 Å².